The van der Waals surface area contributed by atoms with Crippen molar-refractivity contribution in [1.29, 1.82) is 0 Å². The molecule has 0 radical (unpaired) electrons. The monoisotopic (exact) mass is 557 g/mol. The van der Waals surface area contributed by atoms with E-state index in [1.807, 2.05) is 0 Å². The predicted octanol–water partition coefficient (Wildman–Crippen LogP) is -2.01. The van der Waals surface area contributed by atoms with E-state index in [4.69, 9.17) is 20.4 Å². The summed E-state index contributed by atoms with van der Waals surface area (Å²) in [7, 11) is -17.2. The molecule has 2 aromatic rings. The molecule has 0 saturated carbocycles. The van der Waals surface area contributed by atoms with E-state index in [1.54, 1.807) is 0 Å². The lowest BCUT2D eigenvalue weighted by molar-refractivity contribution is -0.182. The Bertz CT molecular complexity index is 1240. The van der Waals surface area contributed by atoms with Crippen molar-refractivity contribution >= 4 is 40.6 Å². The minimum absolute atomic E-state index is 0.331. The van der Waals surface area contributed by atoms with Crippen molar-refractivity contribution in [3.05, 3.63) is 16.7 Å². The number of alkyl halides is 1. The van der Waals surface area contributed by atoms with Crippen molar-refractivity contribution in [2.24, 2.45) is 0 Å². The van der Waals surface area contributed by atoms with Crippen LogP contribution in [0.2, 0.25) is 0 Å². The topological polar surface area (TPSA) is 310 Å². The molecule has 34 heavy (non-hydrogen) atoms. The summed E-state index contributed by atoms with van der Waals surface area (Å²) in [6.07, 6.45) is -6.79. The molecule has 194 valence electrons. The zero-order valence-corrected chi connectivity index (χ0v) is 19.3. The van der Waals surface area contributed by atoms with Crippen molar-refractivity contribution < 1.29 is 66.1 Å². The van der Waals surface area contributed by atoms with Crippen LogP contribution in [0.3, 0.4) is 0 Å². The van der Waals surface area contributed by atoms with Crippen molar-refractivity contribution in [2.45, 2.75) is 31.0 Å². The number of hydrogen-bond donors (Lipinski definition) is 9. The molecule has 10 N–H and O–H groups in total. The van der Waals surface area contributed by atoms with Gasteiger partial charge in [-0.25, -0.2) is 23.1 Å². The molecule has 0 aromatic carbocycles. The number of rotatable bonds is 11. The summed E-state index contributed by atoms with van der Waals surface area (Å²) >= 11 is 0. The van der Waals surface area contributed by atoms with Gasteiger partial charge in [-0.3, -0.25) is 18.9 Å². The van der Waals surface area contributed by atoms with Gasteiger partial charge in [0.05, 0.1) is 12.9 Å². The molecule has 2 rings (SSSR count). The number of phosphoric acid groups is 3. The highest BCUT2D eigenvalue weighted by atomic mass is 31.3. The van der Waals surface area contributed by atoms with Gasteiger partial charge in [-0.2, -0.15) is 13.6 Å². The number of aliphatic hydroxyl groups is 3. The van der Waals surface area contributed by atoms with Crippen LogP contribution in [0.1, 0.15) is 13.2 Å². The Morgan fingerprint density at radius 3 is 2.35 bits per heavy atom. The van der Waals surface area contributed by atoms with Gasteiger partial charge in [0.15, 0.2) is 23.6 Å². The number of nitrogens with two attached hydrogens (primary N) is 1. The molecule has 0 bridgehead atoms. The summed E-state index contributed by atoms with van der Waals surface area (Å²) in [5, 5.41) is 31.1. The van der Waals surface area contributed by atoms with E-state index in [2.05, 4.69) is 28.1 Å². The summed E-state index contributed by atoms with van der Waals surface area (Å²) in [6, 6.07) is 0. The van der Waals surface area contributed by atoms with Gasteiger partial charge < -0.3 is 40.6 Å². The highest BCUT2D eigenvalue weighted by Crippen LogP contribution is 2.66. The molecule has 0 spiro atoms. The third-order valence-corrected chi connectivity index (χ3v) is 7.79. The minimum Gasteiger partial charge on any atom is -0.387 e. The lowest BCUT2D eigenvalue weighted by Crippen LogP contribution is -2.52. The fourth-order valence-corrected chi connectivity index (χ4v) is 5.51. The van der Waals surface area contributed by atoms with Crippen LogP contribution >= 0.6 is 23.5 Å². The van der Waals surface area contributed by atoms with Crippen LogP contribution in [0.25, 0.3) is 11.2 Å². The Balaban J connectivity index is 2.14. The van der Waals surface area contributed by atoms with Gasteiger partial charge in [-0.1, -0.05) is 0 Å². The van der Waals surface area contributed by atoms with Gasteiger partial charge in [0.25, 0.3) is 5.56 Å². The number of H-pyrrole nitrogens is 1. The summed E-state index contributed by atoms with van der Waals surface area (Å²) in [4.78, 5) is 56.5. The highest BCUT2D eigenvalue weighted by Gasteiger charge is 2.46. The Morgan fingerprint density at radius 1 is 1.21 bits per heavy atom. The quantitative estimate of drug-likeness (QED) is 0.135. The highest BCUT2D eigenvalue weighted by molar-refractivity contribution is 7.66. The van der Waals surface area contributed by atoms with Crippen molar-refractivity contribution in [3.63, 3.8) is 0 Å². The summed E-state index contributed by atoms with van der Waals surface area (Å²) in [5.74, 6) is -0.397. The number of nitrogen functional groups attached to an aromatic ring is 1. The van der Waals surface area contributed by atoms with Gasteiger partial charge >= 0.3 is 23.5 Å². The average molecular weight is 557 g/mol. The van der Waals surface area contributed by atoms with Gasteiger partial charge in [-0.15, -0.1) is 0 Å². The Kier molecular flexibility index (Phi) is 8.24. The fraction of sp³-hybridized carbons (Fsp3) is 0.545. The molecule has 0 aliphatic rings. The third-order valence-electron chi connectivity index (χ3n) is 3.99. The van der Waals surface area contributed by atoms with Gasteiger partial charge in [0, 0.05) is 0 Å². The molecule has 23 heteroatoms. The number of anilines is 1. The van der Waals surface area contributed by atoms with Gasteiger partial charge in [-0.05, 0) is 6.92 Å². The number of halogens is 1. The maximum absolute atomic E-state index is 14.4. The number of nitrogens with one attached hydrogen (secondary N) is 1. The molecule has 2 heterocycles. The van der Waals surface area contributed by atoms with Crippen molar-refractivity contribution in [3.8, 4) is 0 Å². The van der Waals surface area contributed by atoms with Crippen LogP contribution in [0.4, 0.5) is 10.3 Å². The third kappa shape index (κ3) is 6.96. The van der Waals surface area contributed by atoms with E-state index < -0.39 is 65.7 Å². The maximum Gasteiger partial charge on any atom is 0.490 e. The molecule has 0 saturated heterocycles. The van der Waals surface area contributed by atoms with Gasteiger partial charge in [0.1, 0.15) is 11.7 Å². The normalized spacial score (nSPS) is 20.7. The van der Waals surface area contributed by atoms with E-state index >= 15 is 0 Å². The second-order valence-electron chi connectivity index (χ2n) is 6.72. The average Bonchev–Trinajstić information content (AvgIpc) is 3.05. The Hall–Kier alpha value is -1.63. The maximum atomic E-state index is 14.4. The smallest absolute Gasteiger partial charge is 0.387 e. The SMILES string of the molecule is CC(O)([C@@H](O)[C@@H](F)COP(=O)(O)OP(=O)(O)OP(=O)(O)O)[C@@H](O)n1cnc2c(=O)[nH]c(N)nc21. The molecular weight excluding hydrogens is 538 g/mol. The number of nitrogens with zero attached hydrogens (tertiary/aromatic N) is 3. The minimum atomic E-state index is -5.86. The summed E-state index contributed by atoms with van der Waals surface area (Å²) in [5.41, 5.74) is 1.08. The van der Waals surface area contributed by atoms with Crippen LogP contribution in [0, 0.1) is 0 Å². The molecular formula is C11H19FN5O14P3. The van der Waals surface area contributed by atoms with Crippen LogP contribution in [-0.4, -0.2) is 78.9 Å². The predicted molar refractivity (Wildman–Crippen MR) is 105 cm³/mol. The standard InChI is InChI=1S/C11H19FN5O14P3/c1-11(21,9(20)17-3-14-5-7(17)15-10(13)16-8(5)19)6(18)4(12)2-29-33(25,26)31-34(27,28)30-32(22,23)24/h3-4,6,9,18,20-21H,2H2,1H3,(H,25,26)(H,27,28)(H2,22,23,24)(H3,13,15,16,19)/t4-,6-,9+,11?/m0/s1. The fourth-order valence-electron chi connectivity index (χ4n) is 2.48. The summed E-state index contributed by atoms with van der Waals surface area (Å²) < 4.78 is 59.5. The van der Waals surface area contributed by atoms with Crippen LogP contribution in [0.15, 0.2) is 11.1 Å². The zero-order valence-electron chi connectivity index (χ0n) is 16.6. The number of aromatic amines is 1. The molecule has 3 unspecified atom stereocenters. The van der Waals surface area contributed by atoms with E-state index in [1.165, 1.54) is 0 Å². The first-order chi connectivity index (χ1) is 15.3. The number of hydrogen-bond acceptors (Lipinski definition) is 13. The van der Waals surface area contributed by atoms with Crippen molar-refractivity contribution in [2.75, 3.05) is 12.3 Å². The number of imidazole rings is 1. The molecule has 6 atom stereocenters. The van der Waals surface area contributed by atoms with Crippen LogP contribution in [-0.2, 0) is 26.8 Å². The van der Waals surface area contributed by atoms with Gasteiger partial charge in [0.2, 0.25) is 5.95 Å². The lowest BCUT2D eigenvalue weighted by atomic mass is 9.93. The van der Waals surface area contributed by atoms with Crippen LogP contribution in [0.5, 0.6) is 0 Å². The van der Waals surface area contributed by atoms with E-state index in [0.29, 0.717) is 4.57 Å². The molecule has 0 amide bonds. The van der Waals surface area contributed by atoms with E-state index in [9.17, 15) is 43.1 Å². The lowest BCUT2D eigenvalue weighted by Gasteiger charge is -2.35. The summed E-state index contributed by atoms with van der Waals surface area (Å²) in [6.45, 7) is -0.884. The molecule has 0 aliphatic carbocycles. The number of aliphatic hydroxyl groups excluding tert-OH is 2. The van der Waals surface area contributed by atoms with Crippen LogP contribution < -0.4 is 11.3 Å². The number of fused-ring (bicyclic) bond motifs is 1. The first-order valence-electron chi connectivity index (χ1n) is 8.49. The molecule has 0 aliphatic heterocycles. The Labute approximate surface area is 187 Å². The van der Waals surface area contributed by atoms with E-state index in [0.717, 1.165) is 13.3 Å². The Morgan fingerprint density at radius 2 is 1.79 bits per heavy atom. The number of aromatic nitrogens is 4. The second kappa shape index (κ2) is 9.79. The van der Waals surface area contributed by atoms with E-state index in [-0.39, 0.29) is 11.2 Å². The molecule has 19 nitrogen and oxygen atoms in total. The first kappa shape index (κ1) is 28.6. The first-order valence-corrected chi connectivity index (χ1v) is 13.0. The zero-order chi connectivity index (χ0) is 26.3. The van der Waals surface area contributed by atoms with Crippen molar-refractivity contribution in [1.82, 2.24) is 19.5 Å². The number of phosphoric ester groups is 1. The molecule has 0 fully saturated rings. The molecule has 2 aromatic heterocycles. The second-order valence-corrected chi connectivity index (χ2v) is 11.1. The largest absolute Gasteiger partial charge is 0.490 e.